The molecule has 3 aliphatic rings. The van der Waals surface area contributed by atoms with Crippen molar-refractivity contribution in [3.05, 3.63) is 29.1 Å². The first kappa shape index (κ1) is 22.6. The van der Waals surface area contributed by atoms with E-state index in [4.69, 9.17) is 19.2 Å². The molecular weight excluding hydrogens is 436 g/mol. The maximum atomic E-state index is 6.58. The molecule has 1 atom stereocenters. The second kappa shape index (κ2) is 9.99. The summed E-state index contributed by atoms with van der Waals surface area (Å²) in [6.07, 6.45) is 5.92. The first-order chi connectivity index (χ1) is 16.1. The van der Waals surface area contributed by atoms with Gasteiger partial charge in [-0.05, 0) is 57.6 Å². The highest BCUT2D eigenvalue weighted by Gasteiger charge is 2.24. The Labute approximate surface area is 198 Å². The molecule has 4 heterocycles. The number of allylic oxidation sites excluding steroid dienone is 2. The Kier molecular flexibility index (Phi) is 6.85. The van der Waals surface area contributed by atoms with Crippen LogP contribution in [0.1, 0.15) is 39.5 Å². The van der Waals surface area contributed by atoms with Crippen LogP contribution < -0.4 is 9.47 Å². The number of rotatable bonds is 6. The van der Waals surface area contributed by atoms with E-state index in [2.05, 4.69) is 35.8 Å². The highest BCUT2D eigenvalue weighted by atomic mass is 32.2. The van der Waals surface area contributed by atoms with Gasteiger partial charge in [-0.25, -0.2) is 9.97 Å². The first-order valence-electron chi connectivity index (χ1n) is 11.9. The van der Waals surface area contributed by atoms with E-state index in [0.717, 1.165) is 78.9 Å². The van der Waals surface area contributed by atoms with Gasteiger partial charge in [-0.1, -0.05) is 0 Å². The molecular formula is C25H34N4O3S. The third-order valence-electron chi connectivity index (χ3n) is 6.92. The predicted octanol–water partition coefficient (Wildman–Crippen LogP) is 4.56. The summed E-state index contributed by atoms with van der Waals surface area (Å²) < 4.78 is 18.4. The van der Waals surface area contributed by atoms with Crippen molar-refractivity contribution in [3.8, 4) is 11.5 Å². The molecule has 2 saturated heterocycles. The van der Waals surface area contributed by atoms with Gasteiger partial charge in [0.25, 0.3) is 0 Å². The van der Waals surface area contributed by atoms with Gasteiger partial charge in [0, 0.05) is 36.2 Å². The van der Waals surface area contributed by atoms with E-state index in [1.54, 1.807) is 6.33 Å². The molecule has 5 rings (SSSR count). The molecule has 0 bridgehead atoms. The zero-order chi connectivity index (χ0) is 22.8. The van der Waals surface area contributed by atoms with Crippen molar-refractivity contribution >= 4 is 27.3 Å². The number of hydrogen-bond acceptors (Lipinski definition) is 7. The molecule has 1 unspecified atom stereocenters. The molecule has 0 N–H and O–H groups in total. The summed E-state index contributed by atoms with van der Waals surface area (Å²) in [5, 5.41) is 2.00. The monoisotopic (exact) mass is 470 g/mol. The molecule has 1 aromatic carbocycles. The maximum Gasteiger partial charge on any atom is 0.135 e. The minimum Gasteiger partial charge on any atom is -0.493 e. The van der Waals surface area contributed by atoms with Gasteiger partial charge in [0.2, 0.25) is 0 Å². The number of hydrogen-bond donors (Lipinski definition) is 1. The van der Waals surface area contributed by atoms with E-state index < -0.39 is 10.9 Å². The Balaban J connectivity index is 1.47. The summed E-state index contributed by atoms with van der Waals surface area (Å²) in [5.74, 6) is 2.23. The molecule has 8 heteroatoms. The highest BCUT2D eigenvalue weighted by molar-refractivity contribution is 8.31. The van der Waals surface area contributed by atoms with Crippen LogP contribution in [0.25, 0.3) is 10.9 Å². The van der Waals surface area contributed by atoms with E-state index in [9.17, 15) is 0 Å². The summed E-state index contributed by atoms with van der Waals surface area (Å²) in [7, 11) is 1.46. The van der Waals surface area contributed by atoms with E-state index in [1.807, 2.05) is 17.7 Å². The average molecular weight is 471 g/mol. The van der Waals surface area contributed by atoms with Crippen molar-refractivity contribution in [2.24, 2.45) is 10.9 Å². The Hall–Kier alpha value is -2.16. The van der Waals surface area contributed by atoms with E-state index >= 15 is 0 Å². The highest BCUT2D eigenvalue weighted by Crippen LogP contribution is 2.50. The number of piperidine rings is 1. The number of ether oxygens (including phenoxy) is 3. The lowest BCUT2D eigenvalue weighted by Crippen LogP contribution is -2.32. The quantitative estimate of drug-likeness (QED) is 0.493. The molecule has 7 nitrogen and oxygen atoms in total. The van der Waals surface area contributed by atoms with Crippen molar-refractivity contribution < 1.29 is 14.2 Å². The molecule has 0 amide bonds. The van der Waals surface area contributed by atoms with Gasteiger partial charge in [-0.3, -0.25) is 4.99 Å². The average Bonchev–Trinajstić information content (AvgIpc) is 3.17. The van der Waals surface area contributed by atoms with Crippen molar-refractivity contribution in [1.29, 1.82) is 0 Å². The number of fused-ring (bicyclic) bond motifs is 1. The minimum atomic E-state index is -0.725. The van der Waals surface area contributed by atoms with Crippen LogP contribution in [0.4, 0.5) is 0 Å². The SMILES string of the molecule is CC1=C(C)[SH](c2ncnc3cc(OCC4CCN(C)CC4)cc(OC4CCOCC4)c23)C=N1. The van der Waals surface area contributed by atoms with E-state index in [0.29, 0.717) is 5.92 Å². The molecule has 0 radical (unpaired) electrons. The van der Waals surface area contributed by atoms with Crippen LogP contribution in [-0.2, 0) is 4.74 Å². The fourth-order valence-electron chi connectivity index (χ4n) is 4.60. The summed E-state index contributed by atoms with van der Waals surface area (Å²) in [6, 6.07) is 4.09. The second-order valence-electron chi connectivity index (χ2n) is 9.29. The number of aliphatic imine (C=N–C) groups is 1. The number of aromatic nitrogens is 2. The number of benzene rings is 1. The van der Waals surface area contributed by atoms with E-state index in [1.165, 1.54) is 17.7 Å². The van der Waals surface area contributed by atoms with Crippen LogP contribution in [-0.4, -0.2) is 66.5 Å². The molecule has 0 spiro atoms. The first-order valence-corrected chi connectivity index (χ1v) is 13.3. The molecule has 2 fully saturated rings. The Morgan fingerprint density at radius 2 is 1.88 bits per heavy atom. The third-order valence-corrected chi connectivity index (χ3v) is 9.11. The lowest BCUT2D eigenvalue weighted by atomic mass is 9.98. The van der Waals surface area contributed by atoms with Gasteiger partial charge >= 0.3 is 0 Å². The normalized spacial score (nSPS) is 24.0. The molecule has 2 aromatic rings. The Bertz CT molecular complexity index is 1060. The third kappa shape index (κ3) is 5.03. The second-order valence-corrected chi connectivity index (χ2v) is 11.4. The smallest absolute Gasteiger partial charge is 0.135 e. The van der Waals surface area contributed by atoms with Crippen molar-refractivity contribution in [1.82, 2.24) is 14.9 Å². The molecule has 1 aromatic heterocycles. The van der Waals surface area contributed by atoms with Gasteiger partial charge < -0.3 is 19.1 Å². The summed E-state index contributed by atoms with van der Waals surface area (Å²) >= 11 is 0. The lowest BCUT2D eigenvalue weighted by molar-refractivity contribution is 0.0260. The van der Waals surface area contributed by atoms with Crippen LogP contribution in [0.3, 0.4) is 0 Å². The van der Waals surface area contributed by atoms with Gasteiger partial charge in [-0.2, -0.15) is 0 Å². The van der Waals surface area contributed by atoms with Crippen LogP contribution in [0.15, 0.2) is 39.1 Å². The molecule has 0 saturated carbocycles. The van der Waals surface area contributed by atoms with E-state index in [-0.39, 0.29) is 6.10 Å². The van der Waals surface area contributed by atoms with Gasteiger partial charge in [0.1, 0.15) is 29.0 Å². The van der Waals surface area contributed by atoms with Gasteiger partial charge in [0.05, 0.1) is 30.7 Å². The van der Waals surface area contributed by atoms with Gasteiger partial charge in [0.15, 0.2) is 0 Å². The van der Waals surface area contributed by atoms with Crippen molar-refractivity contribution in [2.45, 2.75) is 50.7 Å². The van der Waals surface area contributed by atoms with Crippen LogP contribution in [0, 0.1) is 5.92 Å². The van der Waals surface area contributed by atoms with Crippen molar-refractivity contribution in [2.75, 3.05) is 40.0 Å². The lowest BCUT2D eigenvalue weighted by Gasteiger charge is -2.29. The molecule has 0 aliphatic carbocycles. The van der Waals surface area contributed by atoms with Crippen molar-refractivity contribution in [3.63, 3.8) is 0 Å². The summed E-state index contributed by atoms with van der Waals surface area (Å²) in [6.45, 7) is 8.69. The zero-order valence-electron chi connectivity index (χ0n) is 19.8. The molecule has 178 valence electrons. The van der Waals surface area contributed by atoms with Gasteiger partial charge in [-0.15, -0.1) is 10.9 Å². The number of nitrogens with zero attached hydrogens (tertiary/aromatic N) is 4. The summed E-state index contributed by atoms with van der Waals surface area (Å²) in [5.41, 5.74) is 4.00. The zero-order valence-corrected chi connectivity index (χ0v) is 20.7. The van der Waals surface area contributed by atoms with Crippen LogP contribution in [0.2, 0.25) is 0 Å². The number of likely N-dealkylation sites (tertiary alicyclic amines) is 1. The predicted molar refractivity (Wildman–Crippen MR) is 134 cm³/mol. The fraction of sp³-hybridized carbons (Fsp3) is 0.560. The van der Waals surface area contributed by atoms with Crippen LogP contribution >= 0.6 is 10.9 Å². The largest absolute Gasteiger partial charge is 0.493 e. The Morgan fingerprint density at radius 1 is 1.09 bits per heavy atom. The van der Waals surface area contributed by atoms with Crippen LogP contribution in [0.5, 0.6) is 11.5 Å². The Morgan fingerprint density at radius 3 is 2.61 bits per heavy atom. The number of thiol groups is 1. The fourth-order valence-corrected chi connectivity index (χ4v) is 6.54. The topological polar surface area (TPSA) is 69.1 Å². The molecule has 3 aliphatic heterocycles. The minimum absolute atomic E-state index is 0.127. The standard InChI is InChI=1S/C25H34N4O3S/c1-17-18(2)33(16-28-17)25-24-22(26-15-27-25)12-21(31-14-19-4-8-29(3)9-5-19)13-23(24)32-20-6-10-30-11-7-20/h12-13,15-16,19-20,33H,4-11,14H2,1-3H3. The summed E-state index contributed by atoms with van der Waals surface area (Å²) in [4.78, 5) is 17.6. The molecule has 33 heavy (non-hydrogen) atoms. The maximum absolute atomic E-state index is 6.58.